The average Bonchev–Trinajstić information content (AvgIpc) is 2.14. The van der Waals surface area contributed by atoms with Gasteiger partial charge in [0.1, 0.15) is 0 Å². The van der Waals surface area contributed by atoms with Crippen LogP contribution in [0.25, 0.3) is 0 Å². The van der Waals surface area contributed by atoms with Gasteiger partial charge < -0.3 is 5.11 Å². The van der Waals surface area contributed by atoms with Gasteiger partial charge in [-0.1, -0.05) is 19.1 Å². The van der Waals surface area contributed by atoms with Gasteiger partial charge in [0.25, 0.3) is 0 Å². The second-order valence-corrected chi connectivity index (χ2v) is 2.30. The minimum absolute atomic E-state index is 0.0833. The van der Waals surface area contributed by atoms with Gasteiger partial charge in [-0.05, 0) is 12.8 Å². The summed E-state index contributed by atoms with van der Waals surface area (Å²) in [4.78, 5) is 0. The molecule has 0 saturated heterocycles. The third-order valence-electron chi connectivity index (χ3n) is 1.73. The Bertz CT molecular complexity index is 96.6. The summed E-state index contributed by atoms with van der Waals surface area (Å²) in [6.45, 7) is 2.10. The van der Waals surface area contributed by atoms with Gasteiger partial charge in [0.05, 0.1) is 6.10 Å². The molecular weight excluding hydrogens is 100 g/mol. The van der Waals surface area contributed by atoms with Crippen molar-refractivity contribution in [3.63, 3.8) is 0 Å². The molecule has 0 radical (unpaired) electrons. The average molecular weight is 112 g/mol. The van der Waals surface area contributed by atoms with Crippen molar-refractivity contribution >= 4 is 0 Å². The SMILES string of the molecule is CC[C@@H]1C=CC[C@@H]1O. The van der Waals surface area contributed by atoms with Gasteiger partial charge >= 0.3 is 0 Å². The van der Waals surface area contributed by atoms with Crippen molar-refractivity contribution in [1.29, 1.82) is 0 Å². The van der Waals surface area contributed by atoms with E-state index in [9.17, 15) is 0 Å². The molecule has 1 aliphatic carbocycles. The second kappa shape index (κ2) is 2.31. The summed E-state index contributed by atoms with van der Waals surface area (Å²) < 4.78 is 0. The number of hydrogen-bond donors (Lipinski definition) is 1. The standard InChI is InChI=1S/C7H12O/c1-2-6-4-3-5-7(6)8/h3-4,6-8H,2,5H2,1H3/t6-,7+/m1/s1. The van der Waals surface area contributed by atoms with Gasteiger partial charge in [-0.2, -0.15) is 0 Å². The van der Waals surface area contributed by atoms with Gasteiger partial charge in [-0.3, -0.25) is 0 Å². The third-order valence-corrected chi connectivity index (χ3v) is 1.73. The largest absolute Gasteiger partial charge is 0.392 e. The smallest absolute Gasteiger partial charge is 0.0637 e. The Balaban J connectivity index is 2.41. The zero-order valence-corrected chi connectivity index (χ0v) is 5.17. The minimum Gasteiger partial charge on any atom is -0.392 e. The van der Waals surface area contributed by atoms with Crippen molar-refractivity contribution in [1.82, 2.24) is 0 Å². The summed E-state index contributed by atoms with van der Waals surface area (Å²) in [5, 5.41) is 9.13. The van der Waals surface area contributed by atoms with E-state index in [1.165, 1.54) is 0 Å². The van der Waals surface area contributed by atoms with Crippen molar-refractivity contribution in [3.8, 4) is 0 Å². The Morgan fingerprint density at radius 2 is 2.50 bits per heavy atom. The quantitative estimate of drug-likeness (QED) is 0.507. The van der Waals surface area contributed by atoms with Gasteiger partial charge in [0, 0.05) is 5.92 Å². The molecule has 0 bridgehead atoms. The highest BCUT2D eigenvalue weighted by Crippen LogP contribution is 2.20. The van der Waals surface area contributed by atoms with E-state index < -0.39 is 0 Å². The van der Waals surface area contributed by atoms with Crippen LogP contribution >= 0.6 is 0 Å². The maximum Gasteiger partial charge on any atom is 0.0637 e. The van der Waals surface area contributed by atoms with Crippen LogP contribution in [0.2, 0.25) is 0 Å². The predicted octanol–water partition coefficient (Wildman–Crippen LogP) is 1.33. The van der Waals surface area contributed by atoms with Crippen molar-refractivity contribution < 1.29 is 5.11 Å². The molecule has 0 aromatic heterocycles. The molecule has 0 aromatic rings. The van der Waals surface area contributed by atoms with E-state index in [2.05, 4.69) is 19.1 Å². The molecule has 1 aliphatic rings. The number of aliphatic hydroxyl groups is 1. The fourth-order valence-electron chi connectivity index (χ4n) is 1.10. The Kier molecular flexibility index (Phi) is 1.69. The summed E-state index contributed by atoms with van der Waals surface area (Å²) in [6.07, 6.45) is 6.00. The first-order valence-corrected chi connectivity index (χ1v) is 3.19. The molecule has 1 rings (SSSR count). The summed E-state index contributed by atoms with van der Waals surface area (Å²) >= 11 is 0. The monoisotopic (exact) mass is 112 g/mol. The van der Waals surface area contributed by atoms with Crippen LogP contribution in [0.1, 0.15) is 19.8 Å². The fourth-order valence-corrected chi connectivity index (χ4v) is 1.10. The molecule has 0 unspecified atom stereocenters. The minimum atomic E-state index is -0.0833. The fraction of sp³-hybridized carbons (Fsp3) is 0.714. The van der Waals surface area contributed by atoms with Gasteiger partial charge in [-0.15, -0.1) is 0 Å². The van der Waals surface area contributed by atoms with Crippen LogP contribution in [0.5, 0.6) is 0 Å². The second-order valence-electron chi connectivity index (χ2n) is 2.30. The Hall–Kier alpha value is -0.300. The topological polar surface area (TPSA) is 20.2 Å². The van der Waals surface area contributed by atoms with Crippen LogP contribution in [0.4, 0.5) is 0 Å². The highest BCUT2D eigenvalue weighted by atomic mass is 16.3. The molecule has 0 aliphatic heterocycles. The summed E-state index contributed by atoms with van der Waals surface area (Å²) in [6, 6.07) is 0. The summed E-state index contributed by atoms with van der Waals surface area (Å²) in [5.41, 5.74) is 0. The number of aliphatic hydroxyl groups excluding tert-OH is 1. The molecule has 1 N–H and O–H groups in total. The van der Waals surface area contributed by atoms with Gasteiger partial charge in [-0.25, -0.2) is 0 Å². The molecule has 46 valence electrons. The van der Waals surface area contributed by atoms with Crippen molar-refractivity contribution in [2.45, 2.75) is 25.9 Å². The lowest BCUT2D eigenvalue weighted by atomic mass is 10.0. The Labute approximate surface area is 50.0 Å². The maximum absolute atomic E-state index is 9.13. The first-order chi connectivity index (χ1) is 3.84. The van der Waals surface area contributed by atoms with Crippen LogP contribution in [0, 0.1) is 5.92 Å². The maximum atomic E-state index is 9.13. The van der Waals surface area contributed by atoms with E-state index in [-0.39, 0.29) is 6.10 Å². The van der Waals surface area contributed by atoms with Crippen LogP contribution in [-0.4, -0.2) is 11.2 Å². The lowest BCUT2D eigenvalue weighted by Gasteiger charge is -2.08. The lowest BCUT2D eigenvalue weighted by molar-refractivity contribution is 0.141. The van der Waals surface area contributed by atoms with E-state index in [1.807, 2.05) is 0 Å². The summed E-state index contributed by atoms with van der Waals surface area (Å²) in [7, 11) is 0. The molecule has 0 aromatic carbocycles. The van der Waals surface area contributed by atoms with Crippen molar-refractivity contribution in [3.05, 3.63) is 12.2 Å². The van der Waals surface area contributed by atoms with E-state index in [1.54, 1.807) is 0 Å². The molecule has 0 saturated carbocycles. The van der Waals surface area contributed by atoms with E-state index >= 15 is 0 Å². The normalized spacial score (nSPS) is 36.2. The molecular formula is C7H12O. The van der Waals surface area contributed by atoms with Crippen molar-refractivity contribution in [2.75, 3.05) is 0 Å². The molecule has 0 heterocycles. The van der Waals surface area contributed by atoms with E-state index in [0.717, 1.165) is 12.8 Å². The molecule has 1 nitrogen and oxygen atoms in total. The van der Waals surface area contributed by atoms with Crippen molar-refractivity contribution in [2.24, 2.45) is 5.92 Å². The van der Waals surface area contributed by atoms with Gasteiger partial charge in [0.2, 0.25) is 0 Å². The third kappa shape index (κ3) is 0.920. The Morgan fingerprint density at radius 3 is 2.75 bits per heavy atom. The first kappa shape index (κ1) is 5.83. The zero-order chi connectivity index (χ0) is 5.98. The summed E-state index contributed by atoms with van der Waals surface area (Å²) in [5.74, 6) is 0.440. The number of rotatable bonds is 1. The first-order valence-electron chi connectivity index (χ1n) is 3.19. The molecule has 2 atom stereocenters. The highest BCUT2D eigenvalue weighted by Gasteiger charge is 2.16. The molecule has 8 heavy (non-hydrogen) atoms. The van der Waals surface area contributed by atoms with E-state index in [0.29, 0.717) is 5.92 Å². The van der Waals surface area contributed by atoms with E-state index in [4.69, 9.17) is 5.11 Å². The highest BCUT2D eigenvalue weighted by molar-refractivity contribution is 5.00. The van der Waals surface area contributed by atoms with Crippen LogP contribution in [0.3, 0.4) is 0 Å². The molecule has 0 fully saturated rings. The molecule has 0 spiro atoms. The lowest BCUT2D eigenvalue weighted by Crippen LogP contribution is -2.11. The Morgan fingerprint density at radius 1 is 1.75 bits per heavy atom. The van der Waals surface area contributed by atoms with Crippen LogP contribution < -0.4 is 0 Å². The predicted molar refractivity (Wildman–Crippen MR) is 33.5 cm³/mol. The van der Waals surface area contributed by atoms with Gasteiger partial charge in [0.15, 0.2) is 0 Å². The number of hydrogen-bond acceptors (Lipinski definition) is 1. The van der Waals surface area contributed by atoms with Crippen LogP contribution in [-0.2, 0) is 0 Å². The molecule has 1 heteroatoms. The van der Waals surface area contributed by atoms with Crippen LogP contribution in [0.15, 0.2) is 12.2 Å². The molecule has 0 amide bonds. The zero-order valence-electron chi connectivity index (χ0n) is 5.17.